The summed E-state index contributed by atoms with van der Waals surface area (Å²) in [7, 11) is 0. The third-order valence-electron chi connectivity index (χ3n) is 5.86. The molecule has 5 rings (SSSR count). The van der Waals surface area contributed by atoms with Crippen LogP contribution in [0.5, 0.6) is 5.75 Å². The molecule has 5 heteroatoms. The van der Waals surface area contributed by atoms with Crippen LogP contribution >= 0.6 is 0 Å². The summed E-state index contributed by atoms with van der Waals surface area (Å²) < 4.78 is 11.9. The van der Waals surface area contributed by atoms with Crippen LogP contribution in [0.15, 0.2) is 89.3 Å². The SMILES string of the molecule is O=C(O)CCCCCOc1ccc2cc(-c3nc4cc(-c5ccccc5)ccc4o3)ccc2c1. The van der Waals surface area contributed by atoms with Crippen LogP contribution in [0.25, 0.3) is 44.5 Å². The smallest absolute Gasteiger partial charge is 0.303 e. The molecule has 0 bridgehead atoms. The van der Waals surface area contributed by atoms with Gasteiger partial charge in [-0.15, -0.1) is 0 Å². The Balaban J connectivity index is 1.30. The third kappa shape index (κ3) is 4.94. The standard InChI is InChI=1S/C29H25NO4/c31-28(32)9-5-2-6-16-33-25-14-12-21-17-24(11-10-22(21)18-25)29-30-26-19-23(13-15-27(26)34-29)20-7-3-1-4-8-20/h1,3-4,7-8,10-15,17-19H,2,5-6,9,16H2,(H,31,32). The Bertz CT molecular complexity index is 1440. The van der Waals surface area contributed by atoms with Gasteiger partial charge in [-0.3, -0.25) is 4.79 Å². The highest BCUT2D eigenvalue weighted by Gasteiger charge is 2.11. The highest BCUT2D eigenvalue weighted by molar-refractivity contribution is 5.88. The van der Waals surface area contributed by atoms with Gasteiger partial charge in [0, 0.05) is 12.0 Å². The second kappa shape index (κ2) is 9.79. The molecule has 0 atom stereocenters. The number of rotatable bonds is 9. The van der Waals surface area contributed by atoms with E-state index in [-0.39, 0.29) is 6.42 Å². The number of aliphatic carboxylic acids is 1. The molecule has 34 heavy (non-hydrogen) atoms. The number of aromatic nitrogens is 1. The van der Waals surface area contributed by atoms with Crippen LogP contribution in [0, 0.1) is 0 Å². The van der Waals surface area contributed by atoms with Crippen LogP contribution in [-0.4, -0.2) is 22.7 Å². The molecule has 0 radical (unpaired) electrons. The summed E-state index contributed by atoms with van der Waals surface area (Å²) in [6.45, 7) is 0.580. The van der Waals surface area contributed by atoms with E-state index in [1.54, 1.807) is 0 Å². The van der Waals surface area contributed by atoms with Gasteiger partial charge < -0.3 is 14.3 Å². The fourth-order valence-corrected chi connectivity index (χ4v) is 4.05. The van der Waals surface area contributed by atoms with E-state index in [1.807, 2.05) is 48.5 Å². The summed E-state index contributed by atoms with van der Waals surface area (Å²) in [5.74, 6) is 0.669. The lowest BCUT2D eigenvalue weighted by atomic mass is 10.1. The number of hydrogen-bond acceptors (Lipinski definition) is 4. The molecular weight excluding hydrogens is 426 g/mol. The maximum absolute atomic E-state index is 10.6. The summed E-state index contributed by atoms with van der Waals surface area (Å²) >= 11 is 0. The molecule has 0 aliphatic heterocycles. The lowest BCUT2D eigenvalue weighted by Crippen LogP contribution is -1.99. The highest BCUT2D eigenvalue weighted by atomic mass is 16.5. The fraction of sp³-hybridized carbons (Fsp3) is 0.172. The molecule has 0 aliphatic carbocycles. The predicted octanol–water partition coefficient (Wildman–Crippen LogP) is 7.34. The van der Waals surface area contributed by atoms with E-state index in [1.165, 1.54) is 0 Å². The molecule has 1 heterocycles. The third-order valence-corrected chi connectivity index (χ3v) is 5.86. The molecule has 170 valence electrons. The first kappa shape index (κ1) is 21.7. The molecule has 0 aliphatic rings. The predicted molar refractivity (Wildman–Crippen MR) is 134 cm³/mol. The number of oxazole rings is 1. The molecule has 5 nitrogen and oxygen atoms in total. The van der Waals surface area contributed by atoms with Crippen molar-refractivity contribution in [1.29, 1.82) is 0 Å². The summed E-state index contributed by atoms with van der Waals surface area (Å²) in [5, 5.41) is 10.9. The molecule has 4 aromatic carbocycles. The molecule has 0 fully saturated rings. The Hall–Kier alpha value is -4.12. The van der Waals surface area contributed by atoms with Gasteiger partial charge in [0.2, 0.25) is 5.89 Å². The lowest BCUT2D eigenvalue weighted by molar-refractivity contribution is -0.137. The number of nitrogens with zero attached hydrogens (tertiary/aromatic N) is 1. The Labute approximate surface area is 197 Å². The van der Waals surface area contributed by atoms with Gasteiger partial charge in [-0.2, -0.15) is 0 Å². The number of carboxylic acid groups (broad SMARTS) is 1. The Morgan fingerprint density at radius 2 is 1.59 bits per heavy atom. The van der Waals surface area contributed by atoms with E-state index in [2.05, 4.69) is 36.4 Å². The zero-order valence-electron chi connectivity index (χ0n) is 18.7. The normalized spacial score (nSPS) is 11.2. The molecule has 0 saturated heterocycles. The van der Waals surface area contributed by atoms with E-state index in [0.717, 1.165) is 57.2 Å². The minimum atomic E-state index is -0.746. The van der Waals surface area contributed by atoms with Gasteiger partial charge in [0.05, 0.1) is 6.61 Å². The van der Waals surface area contributed by atoms with Crippen molar-refractivity contribution in [3.05, 3.63) is 84.9 Å². The first-order valence-electron chi connectivity index (χ1n) is 11.5. The van der Waals surface area contributed by atoms with Crippen LogP contribution in [0.3, 0.4) is 0 Å². The van der Waals surface area contributed by atoms with Crippen molar-refractivity contribution in [1.82, 2.24) is 4.98 Å². The lowest BCUT2D eigenvalue weighted by Gasteiger charge is -2.08. The number of carboxylic acids is 1. The van der Waals surface area contributed by atoms with Gasteiger partial charge >= 0.3 is 5.97 Å². The molecule has 0 spiro atoms. The number of unbranched alkanes of at least 4 members (excludes halogenated alkanes) is 2. The van der Waals surface area contributed by atoms with Gasteiger partial charge in [-0.25, -0.2) is 4.98 Å². The van der Waals surface area contributed by atoms with E-state index in [0.29, 0.717) is 18.9 Å². The summed E-state index contributed by atoms with van der Waals surface area (Å²) in [5.41, 5.74) is 4.79. The molecule has 0 unspecified atom stereocenters. The van der Waals surface area contributed by atoms with Crippen LogP contribution < -0.4 is 4.74 Å². The van der Waals surface area contributed by atoms with Crippen LogP contribution in [0.1, 0.15) is 25.7 Å². The van der Waals surface area contributed by atoms with Crippen molar-refractivity contribution < 1.29 is 19.1 Å². The van der Waals surface area contributed by atoms with Crippen molar-refractivity contribution in [3.63, 3.8) is 0 Å². The first-order chi connectivity index (χ1) is 16.7. The summed E-state index contributed by atoms with van der Waals surface area (Å²) in [4.78, 5) is 15.3. The quantitative estimate of drug-likeness (QED) is 0.237. The van der Waals surface area contributed by atoms with Crippen LogP contribution in [-0.2, 0) is 4.79 Å². The number of benzene rings is 4. The zero-order chi connectivity index (χ0) is 23.3. The number of hydrogen-bond donors (Lipinski definition) is 1. The summed E-state index contributed by atoms with van der Waals surface area (Å²) in [6, 6.07) is 28.5. The minimum Gasteiger partial charge on any atom is -0.494 e. The Morgan fingerprint density at radius 1 is 0.794 bits per heavy atom. The molecule has 1 N–H and O–H groups in total. The zero-order valence-corrected chi connectivity index (χ0v) is 18.7. The Kier molecular flexibility index (Phi) is 6.25. The summed E-state index contributed by atoms with van der Waals surface area (Å²) in [6.07, 6.45) is 2.59. The molecule has 5 aromatic rings. The average Bonchev–Trinajstić information content (AvgIpc) is 3.29. The van der Waals surface area contributed by atoms with Crippen LogP contribution in [0.2, 0.25) is 0 Å². The second-order valence-corrected chi connectivity index (χ2v) is 8.34. The highest BCUT2D eigenvalue weighted by Crippen LogP contribution is 2.31. The first-order valence-corrected chi connectivity index (χ1v) is 11.5. The fourth-order valence-electron chi connectivity index (χ4n) is 4.05. The van der Waals surface area contributed by atoms with E-state index in [4.69, 9.17) is 19.2 Å². The average molecular weight is 452 g/mol. The largest absolute Gasteiger partial charge is 0.494 e. The second-order valence-electron chi connectivity index (χ2n) is 8.34. The monoisotopic (exact) mass is 451 g/mol. The number of ether oxygens (including phenoxy) is 1. The van der Waals surface area contributed by atoms with Gasteiger partial charge in [-0.05, 0) is 77.6 Å². The van der Waals surface area contributed by atoms with Crippen molar-refractivity contribution in [3.8, 4) is 28.3 Å². The molecule has 0 saturated carbocycles. The van der Waals surface area contributed by atoms with Gasteiger partial charge in [0.1, 0.15) is 11.3 Å². The van der Waals surface area contributed by atoms with Gasteiger partial charge in [0.25, 0.3) is 0 Å². The van der Waals surface area contributed by atoms with Gasteiger partial charge in [-0.1, -0.05) is 48.5 Å². The van der Waals surface area contributed by atoms with E-state index >= 15 is 0 Å². The van der Waals surface area contributed by atoms with Crippen molar-refractivity contribution in [2.24, 2.45) is 0 Å². The Morgan fingerprint density at radius 3 is 2.44 bits per heavy atom. The van der Waals surface area contributed by atoms with Crippen molar-refractivity contribution in [2.75, 3.05) is 6.61 Å². The number of fused-ring (bicyclic) bond motifs is 2. The van der Waals surface area contributed by atoms with E-state index < -0.39 is 5.97 Å². The van der Waals surface area contributed by atoms with Crippen molar-refractivity contribution >= 4 is 27.8 Å². The molecule has 0 amide bonds. The maximum Gasteiger partial charge on any atom is 0.303 e. The van der Waals surface area contributed by atoms with Gasteiger partial charge in [0.15, 0.2) is 5.58 Å². The molecule has 1 aromatic heterocycles. The topological polar surface area (TPSA) is 72.6 Å². The molecular formula is C29H25NO4. The number of carbonyl (C=O) groups is 1. The minimum absolute atomic E-state index is 0.215. The maximum atomic E-state index is 10.6. The van der Waals surface area contributed by atoms with Crippen molar-refractivity contribution in [2.45, 2.75) is 25.7 Å². The van der Waals surface area contributed by atoms with E-state index in [9.17, 15) is 4.79 Å². The van der Waals surface area contributed by atoms with Crippen LogP contribution in [0.4, 0.5) is 0 Å².